The first-order valence-corrected chi connectivity index (χ1v) is 10.8. The molecule has 2 aliphatic heterocycles. The minimum Gasteiger partial charge on any atom is -0.325 e. The third kappa shape index (κ3) is 3.62. The molecule has 5 rings (SSSR count). The molecule has 0 bridgehead atoms. The highest BCUT2D eigenvalue weighted by Crippen LogP contribution is 2.40. The molecule has 0 unspecified atom stereocenters. The van der Waals surface area contributed by atoms with Gasteiger partial charge in [-0.15, -0.1) is 0 Å². The van der Waals surface area contributed by atoms with Gasteiger partial charge in [-0.2, -0.15) is 5.10 Å². The van der Waals surface area contributed by atoms with Gasteiger partial charge in [-0.3, -0.25) is 4.79 Å². The molecule has 1 amide bonds. The minimum atomic E-state index is -0.0651. The second kappa shape index (κ2) is 8.16. The molecular weight excluding hydrogens is 392 g/mol. The number of para-hydroxylation sites is 2. The third-order valence-electron chi connectivity index (χ3n) is 5.16. The van der Waals surface area contributed by atoms with Crippen LogP contribution in [0.15, 0.2) is 89.0 Å². The fourth-order valence-electron chi connectivity index (χ4n) is 3.76. The van der Waals surface area contributed by atoms with Gasteiger partial charge >= 0.3 is 0 Å². The Bertz CT molecular complexity index is 1140. The van der Waals surface area contributed by atoms with Crippen LogP contribution in [0.4, 0.5) is 11.4 Å². The summed E-state index contributed by atoms with van der Waals surface area (Å²) in [5.74, 6) is 0.202. The molecule has 0 saturated heterocycles. The molecule has 1 atom stereocenters. The molecule has 0 spiro atoms. The van der Waals surface area contributed by atoms with Crippen molar-refractivity contribution in [1.29, 1.82) is 0 Å². The van der Waals surface area contributed by atoms with E-state index in [1.807, 2.05) is 84.0 Å². The number of hydrazone groups is 1. The second-order valence-electron chi connectivity index (χ2n) is 7.10. The van der Waals surface area contributed by atoms with E-state index >= 15 is 0 Å². The van der Waals surface area contributed by atoms with Crippen LogP contribution in [-0.4, -0.2) is 28.1 Å². The number of benzene rings is 3. The summed E-state index contributed by atoms with van der Waals surface area (Å²) in [6, 6.07) is 26.2. The predicted octanol–water partition coefficient (Wildman–Crippen LogP) is 5.46. The molecule has 0 aliphatic carbocycles. The molecule has 0 radical (unpaired) electrons. The van der Waals surface area contributed by atoms with Crippen molar-refractivity contribution in [3.63, 3.8) is 0 Å². The lowest BCUT2D eigenvalue weighted by atomic mass is 10.0. The van der Waals surface area contributed by atoms with Crippen molar-refractivity contribution in [2.45, 2.75) is 12.5 Å². The highest BCUT2D eigenvalue weighted by atomic mass is 32.2. The van der Waals surface area contributed by atoms with Gasteiger partial charge in [0.15, 0.2) is 5.17 Å². The van der Waals surface area contributed by atoms with Gasteiger partial charge in [-0.25, -0.2) is 10.0 Å². The topological polar surface area (TPSA) is 57.1 Å². The molecule has 0 aromatic heterocycles. The standard InChI is InChI=1S/C24H20N4OS/c29-23(26-20-12-6-4-10-18(20)17-8-2-1-3-9-17)16-30-24-27-21-13-7-5-11-19(21)22-14-15-25-28(22)24/h1-13,15,22H,14,16H2,(H,26,29)/t22-/m1/s1. The van der Waals surface area contributed by atoms with Crippen molar-refractivity contribution in [3.05, 3.63) is 84.4 Å². The number of aliphatic imine (C=N–C) groups is 1. The van der Waals surface area contributed by atoms with Crippen LogP contribution in [0.5, 0.6) is 0 Å². The average Bonchev–Trinajstić information content (AvgIpc) is 3.29. The fourth-order valence-corrected chi connectivity index (χ4v) is 4.56. The number of nitrogens with zero attached hydrogens (tertiary/aromatic N) is 3. The van der Waals surface area contributed by atoms with E-state index in [0.29, 0.717) is 0 Å². The molecule has 2 aliphatic rings. The van der Waals surface area contributed by atoms with Crippen LogP contribution < -0.4 is 5.32 Å². The molecule has 6 heteroatoms. The van der Waals surface area contributed by atoms with Gasteiger partial charge in [0.2, 0.25) is 5.91 Å². The highest BCUT2D eigenvalue weighted by molar-refractivity contribution is 8.14. The Kier molecular flexibility index (Phi) is 5.07. The molecule has 0 saturated carbocycles. The first-order valence-electron chi connectivity index (χ1n) is 9.86. The van der Waals surface area contributed by atoms with Crippen molar-refractivity contribution in [3.8, 4) is 11.1 Å². The van der Waals surface area contributed by atoms with Crippen molar-refractivity contribution < 1.29 is 4.79 Å². The Morgan fingerprint density at radius 3 is 2.67 bits per heavy atom. The van der Waals surface area contributed by atoms with Gasteiger partial charge in [-0.1, -0.05) is 78.5 Å². The molecule has 5 nitrogen and oxygen atoms in total. The van der Waals surface area contributed by atoms with Gasteiger partial charge in [0.05, 0.1) is 17.5 Å². The summed E-state index contributed by atoms with van der Waals surface area (Å²) in [5.41, 5.74) is 5.03. The van der Waals surface area contributed by atoms with Crippen molar-refractivity contribution >= 4 is 40.4 Å². The minimum absolute atomic E-state index is 0.0651. The molecule has 1 N–H and O–H groups in total. The number of carbonyl (C=O) groups excluding carboxylic acids is 1. The van der Waals surface area contributed by atoms with Crippen LogP contribution in [-0.2, 0) is 4.79 Å². The molecule has 0 fully saturated rings. The Morgan fingerprint density at radius 1 is 1.00 bits per heavy atom. The Balaban J connectivity index is 1.31. The summed E-state index contributed by atoms with van der Waals surface area (Å²) < 4.78 is 0. The largest absolute Gasteiger partial charge is 0.325 e. The van der Waals surface area contributed by atoms with E-state index in [2.05, 4.69) is 16.5 Å². The van der Waals surface area contributed by atoms with E-state index in [0.717, 1.165) is 34.1 Å². The highest BCUT2D eigenvalue weighted by Gasteiger charge is 2.32. The van der Waals surface area contributed by atoms with Crippen LogP contribution >= 0.6 is 11.8 Å². The first kappa shape index (κ1) is 18.6. The maximum Gasteiger partial charge on any atom is 0.234 e. The normalized spacial score (nSPS) is 16.6. The lowest BCUT2D eigenvalue weighted by molar-refractivity contribution is -0.113. The van der Waals surface area contributed by atoms with Gasteiger partial charge in [0, 0.05) is 29.4 Å². The number of nitrogens with one attached hydrogen (secondary N) is 1. The maximum atomic E-state index is 12.7. The Labute approximate surface area is 179 Å². The summed E-state index contributed by atoms with van der Waals surface area (Å²) >= 11 is 1.42. The average molecular weight is 413 g/mol. The second-order valence-corrected chi connectivity index (χ2v) is 8.04. The summed E-state index contributed by atoms with van der Waals surface area (Å²) in [7, 11) is 0. The van der Waals surface area contributed by atoms with E-state index in [1.54, 1.807) is 0 Å². The van der Waals surface area contributed by atoms with Crippen LogP contribution in [0.25, 0.3) is 11.1 Å². The number of amidine groups is 1. The smallest absolute Gasteiger partial charge is 0.234 e. The number of hydrogen-bond donors (Lipinski definition) is 1. The number of anilines is 1. The lowest BCUT2D eigenvalue weighted by Gasteiger charge is -2.29. The predicted molar refractivity (Wildman–Crippen MR) is 124 cm³/mol. The number of carbonyl (C=O) groups is 1. The molecule has 3 aromatic rings. The summed E-state index contributed by atoms with van der Waals surface area (Å²) in [4.78, 5) is 17.5. The zero-order chi connectivity index (χ0) is 20.3. The zero-order valence-electron chi connectivity index (χ0n) is 16.2. The number of fused-ring (bicyclic) bond motifs is 3. The molecule has 148 valence electrons. The Morgan fingerprint density at radius 2 is 1.77 bits per heavy atom. The van der Waals surface area contributed by atoms with Crippen molar-refractivity contribution in [2.24, 2.45) is 10.1 Å². The third-order valence-corrected chi connectivity index (χ3v) is 6.10. The lowest BCUT2D eigenvalue weighted by Crippen LogP contribution is -2.29. The van der Waals surface area contributed by atoms with Gasteiger partial charge in [0.25, 0.3) is 0 Å². The van der Waals surface area contributed by atoms with Crippen LogP contribution in [0.2, 0.25) is 0 Å². The Hall–Kier alpha value is -3.38. The van der Waals surface area contributed by atoms with E-state index in [-0.39, 0.29) is 17.7 Å². The van der Waals surface area contributed by atoms with Crippen molar-refractivity contribution in [2.75, 3.05) is 11.1 Å². The zero-order valence-corrected chi connectivity index (χ0v) is 17.0. The number of rotatable bonds is 4. The number of hydrogen-bond acceptors (Lipinski definition) is 5. The van der Waals surface area contributed by atoms with Gasteiger partial charge in [-0.05, 0) is 17.7 Å². The summed E-state index contributed by atoms with van der Waals surface area (Å²) in [6.45, 7) is 0. The van der Waals surface area contributed by atoms with E-state index in [1.165, 1.54) is 17.3 Å². The molecule has 30 heavy (non-hydrogen) atoms. The molecule has 3 aromatic carbocycles. The van der Waals surface area contributed by atoms with E-state index in [4.69, 9.17) is 4.99 Å². The number of thioether (sulfide) groups is 1. The van der Waals surface area contributed by atoms with Crippen LogP contribution in [0.1, 0.15) is 18.0 Å². The summed E-state index contributed by atoms with van der Waals surface area (Å²) in [5, 5.41) is 10.2. The van der Waals surface area contributed by atoms with Crippen molar-refractivity contribution in [1.82, 2.24) is 5.01 Å². The summed E-state index contributed by atoms with van der Waals surface area (Å²) in [6.07, 6.45) is 2.77. The quantitative estimate of drug-likeness (QED) is 0.619. The monoisotopic (exact) mass is 412 g/mol. The SMILES string of the molecule is O=C(CSC1=Nc2ccccc2[C@H]2CC=NN12)Nc1ccccc1-c1ccccc1. The maximum absolute atomic E-state index is 12.7. The first-order chi connectivity index (χ1) is 14.8. The van der Waals surface area contributed by atoms with E-state index in [9.17, 15) is 4.79 Å². The van der Waals surface area contributed by atoms with E-state index < -0.39 is 0 Å². The van der Waals surface area contributed by atoms with Crippen LogP contribution in [0.3, 0.4) is 0 Å². The van der Waals surface area contributed by atoms with Gasteiger partial charge in [0.1, 0.15) is 0 Å². The van der Waals surface area contributed by atoms with Crippen LogP contribution in [0, 0.1) is 0 Å². The molecular formula is C24H20N4OS. The number of amides is 1. The molecule has 2 heterocycles. The van der Waals surface area contributed by atoms with Gasteiger partial charge < -0.3 is 5.32 Å². The fraction of sp³-hybridized carbons (Fsp3) is 0.125.